The average molecular weight is 963 g/mol. The summed E-state index contributed by atoms with van der Waals surface area (Å²) < 4.78 is 0. The zero-order valence-corrected chi connectivity index (χ0v) is 38.5. The minimum absolute atomic E-state index is 0.0628. The maximum absolute atomic E-state index is 10.3. The topological polar surface area (TPSA) is 393 Å². The molecule has 0 spiro atoms. The van der Waals surface area contributed by atoms with Crippen LogP contribution in [-0.4, -0.2) is 121 Å². The van der Waals surface area contributed by atoms with Crippen molar-refractivity contribution in [3.63, 3.8) is 0 Å². The van der Waals surface area contributed by atoms with Crippen LogP contribution < -0.4 is 0 Å². The first-order chi connectivity index (χ1) is 31.4. The third-order valence-electron chi connectivity index (χ3n) is 8.12. The number of carboxylic acid groups (broad SMARTS) is 10. The van der Waals surface area contributed by atoms with Crippen LogP contribution in [0.5, 0.6) is 0 Å². The Morgan fingerprint density at radius 3 is 0.836 bits per heavy atom. The lowest BCUT2D eigenvalue weighted by Crippen LogP contribution is -2.42. The smallest absolute Gasteiger partial charge is 0.336 e. The molecule has 384 valence electrons. The van der Waals surface area contributed by atoms with Crippen LogP contribution in [0.25, 0.3) is 0 Å². The lowest BCUT2D eigenvalue weighted by molar-refractivity contribution is -0.170. The molecule has 21 nitrogen and oxygen atoms in total. The monoisotopic (exact) mass is 962 g/mol. The van der Waals surface area contributed by atoms with Gasteiger partial charge in [-0.05, 0) is 70.6 Å². The number of carboxylic acids is 10. The van der Waals surface area contributed by atoms with Gasteiger partial charge in [-0.1, -0.05) is 94.1 Å². The summed E-state index contributed by atoms with van der Waals surface area (Å²) in [4.78, 5) is 100. The highest BCUT2D eigenvalue weighted by Gasteiger charge is 2.40. The van der Waals surface area contributed by atoms with Crippen LogP contribution in [-0.2, 0) is 47.9 Å². The molecule has 0 aliphatic carbocycles. The highest BCUT2D eigenvalue weighted by atomic mass is 16.4. The molecule has 0 aromatic heterocycles. The van der Waals surface area contributed by atoms with Crippen molar-refractivity contribution in [2.45, 2.75) is 179 Å². The van der Waals surface area contributed by atoms with Crippen LogP contribution in [0.2, 0.25) is 0 Å². The van der Waals surface area contributed by atoms with E-state index in [9.17, 15) is 47.9 Å². The molecular weight excluding hydrogens is 888 g/mol. The number of hydrogen-bond donors (Lipinski definition) is 11. The van der Waals surface area contributed by atoms with Gasteiger partial charge in [0.2, 0.25) is 0 Å². The van der Waals surface area contributed by atoms with E-state index in [0.29, 0.717) is 12.8 Å². The van der Waals surface area contributed by atoms with E-state index >= 15 is 0 Å². The van der Waals surface area contributed by atoms with E-state index in [4.69, 9.17) is 56.2 Å². The van der Waals surface area contributed by atoms with E-state index in [2.05, 4.69) is 55.5 Å². The Balaban J connectivity index is -0.000000250. The number of hydrogen-bond acceptors (Lipinski definition) is 11. The molecule has 67 heavy (non-hydrogen) atoms. The lowest BCUT2D eigenvalue weighted by Gasteiger charge is -2.18. The van der Waals surface area contributed by atoms with Gasteiger partial charge in [-0.3, -0.25) is 43.2 Å². The predicted octanol–water partition coefficient (Wildman–Crippen LogP) is 7.90. The summed E-state index contributed by atoms with van der Waals surface area (Å²) >= 11 is 0. The Labute approximate surface area is 391 Å². The summed E-state index contributed by atoms with van der Waals surface area (Å²) in [7, 11) is 0. The van der Waals surface area contributed by atoms with Crippen molar-refractivity contribution >= 4 is 59.7 Å². The van der Waals surface area contributed by atoms with E-state index < -0.39 is 78.1 Å². The summed E-state index contributed by atoms with van der Waals surface area (Å²) in [6.45, 7) is 2.23. The fourth-order valence-electron chi connectivity index (χ4n) is 4.67. The molecule has 0 unspecified atom stereocenters. The predicted molar refractivity (Wildman–Crippen MR) is 244 cm³/mol. The fourth-order valence-corrected chi connectivity index (χ4v) is 4.67. The van der Waals surface area contributed by atoms with Gasteiger partial charge in [0, 0.05) is 32.1 Å². The van der Waals surface area contributed by atoms with E-state index in [1.54, 1.807) is 0 Å². The van der Waals surface area contributed by atoms with Gasteiger partial charge < -0.3 is 56.2 Å². The van der Waals surface area contributed by atoms with Crippen molar-refractivity contribution in [1.29, 1.82) is 0 Å². The van der Waals surface area contributed by atoms with Gasteiger partial charge in [0.25, 0.3) is 0 Å². The molecule has 0 aliphatic rings. The van der Waals surface area contributed by atoms with E-state index in [-0.39, 0.29) is 44.9 Å². The van der Waals surface area contributed by atoms with Gasteiger partial charge in [-0.25, -0.2) is 4.79 Å². The van der Waals surface area contributed by atoms with Crippen LogP contribution in [0.1, 0.15) is 174 Å². The molecule has 0 heterocycles. The second-order valence-electron chi connectivity index (χ2n) is 14.5. The van der Waals surface area contributed by atoms with Gasteiger partial charge in [0.15, 0.2) is 5.60 Å². The molecule has 0 aromatic carbocycles. The highest BCUT2D eigenvalue weighted by molar-refractivity contribution is 5.88. The summed E-state index contributed by atoms with van der Waals surface area (Å²) in [5.41, 5.74) is -2.74. The molecular formula is C46H74O21. The maximum Gasteiger partial charge on any atom is 0.336 e. The number of unbranched alkanes of at least 4 members (excludes halogenated alkanes) is 10. The van der Waals surface area contributed by atoms with Crippen LogP contribution >= 0.6 is 0 Å². The van der Waals surface area contributed by atoms with Crippen LogP contribution in [0, 0.1) is 0 Å². The summed E-state index contributed by atoms with van der Waals surface area (Å²) in [6, 6.07) is 0. The van der Waals surface area contributed by atoms with Crippen LogP contribution in [0.3, 0.4) is 0 Å². The SMILES string of the molecule is CCCCC/C=C\C/C=C\C/C=C\C/C=C\CCCC(=O)O.O=C(O)CC(O)(CC(=O)O)C(=O)O.O=C(O)CCC(=O)O.O=C(O)CCCCC(=O)O.O=C(O)CCCCCCCCC(=O)O. The van der Waals surface area contributed by atoms with Crippen molar-refractivity contribution in [3.05, 3.63) is 48.6 Å². The summed E-state index contributed by atoms with van der Waals surface area (Å²) in [6.07, 6.45) is 31.3. The van der Waals surface area contributed by atoms with Crippen LogP contribution in [0.4, 0.5) is 0 Å². The van der Waals surface area contributed by atoms with Crippen molar-refractivity contribution in [2.24, 2.45) is 0 Å². The zero-order valence-electron chi connectivity index (χ0n) is 38.5. The number of aliphatic carboxylic acids is 10. The number of allylic oxidation sites excluding steroid dienone is 8. The van der Waals surface area contributed by atoms with Crippen molar-refractivity contribution < 1.29 is 104 Å². The van der Waals surface area contributed by atoms with Crippen LogP contribution in [0.15, 0.2) is 48.6 Å². The Kier molecular flexibility index (Phi) is 52.6. The first kappa shape index (κ1) is 69.7. The summed E-state index contributed by atoms with van der Waals surface area (Å²) in [5, 5.41) is 91.1. The minimum atomic E-state index is -2.74. The van der Waals surface area contributed by atoms with Crippen molar-refractivity contribution in [3.8, 4) is 0 Å². The fraction of sp³-hybridized carbons (Fsp3) is 0.609. The maximum atomic E-state index is 10.3. The molecule has 0 saturated carbocycles. The first-order valence-corrected chi connectivity index (χ1v) is 21.9. The largest absolute Gasteiger partial charge is 0.481 e. The first-order valence-electron chi connectivity index (χ1n) is 21.9. The minimum Gasteiger partial charge on any atom is -0.481 e. The van der Waals surface area contributed by atoms with Gasteiger partial charge in [-0.2, -0.15) is 0 Å². The molecule has 0 fully saturated rings. The van der Waals surface area contributed by atoms with E-state index in [1.807, 2.05) is 0 Å². The summed E-state index contributed by atoms with van der Waals surface area (Å²) in [5.74, 6) is -11.1. The average Bonchev–Trinajstić information content (AvgIpc) is 3.21. The third-order valence-corrected chi connectivity index (χ3v) is 8.12. The standard InChI is InChI=1S/C20H32O2.C10H18O4.C6H8O7.C6H10O4.C4H6O4/c1-2-3-4-5-6-7-8-9-10-11-12-13-14-15-16-17-18-19-20(21)22;11-9(12)7-5-3-1-2-4-6-8-10(13)14;7-3(8)1-6(13,5(11)12)2-4(9)10;7-5(8)3-1-2-4-6(9)10;5-3(6)1-2-4(7)8/h6-7,9-10,12-13,15-16H,2-5,8,11,14,17-19H2,1H3,(H,21,22);1-8H2,(H,11,12)(H,13,14);13H,1-2H2,(H,7,8)(H,9,10)(H,11,12);1-4H2,(H,7,8)(H,9,10);1-2H2,(H,5,6)(H,7,8)/b7-6-,10-9-,13-12-,16-15-;;;;. The third kappa shape index (κ3) is 74.3. The zero-order chi connectivity index (χ0) is 52.3. The molecule has 11 N–H and O–H groups in total. The van der Waals surface area contributed by atoms with Gasteiger partial charge >= 0.3 is 59.7 Å². The molecule has 21 heteroatoms. The van der Waals surface area contributed by atoms with Crippen molar-refractivity contribution in [2.75, 3.05) is 0 Å². The molecule has 0 atom stereocenters. The second-order valence-corrected chi connectivity index (χ2v) is 14.5. The van der Waals surface area contributed by atoms with Crippen molar-refractivity contribution in [1.82, 2.24) is 0 Å². The Morgan fingerprint density at radius 1 is 0.313 bits per heavy atom. The Hall–Kier alpha value is -6.38. The van der Waals surface area contributed by atoms with Gasteiger partial charge in [0.1, 0.15) is 0 Å². The number of aliphatic hydroxyl groups is 1. The molecule has 0 bridgehead atoms. The van der Waals surface area contributed by atoms with E-state index in [0.717, 1.165) is 70.6 Å². The Morgan fingerprint density at radius 2 is 0.567 bits per heavy atom. The molecule has 0 aliphatic heterocycles. The molecule has 0 aromatic rings. The highest BCUT2D eigenvalue weighted by Crippen LogP contribution is 2.16. The molecule has 0 rings (SSSR count). The number of rotatable bonds is 36. The van der Waals surface area contributed by atoms with Gasteiger partial charge in [0.05, 0.1) is 25.7 Å². The molecule has 0 saturated heterocycles. The second kappa shape index (κ2) is 50.6. The molecule has 0 amide bonds. The quantitative estimate of drug-likeness (QED) is 0.0210. The van der Waals surface area contributed by atoms with E-state index in [1.165, 1.54) is 25.7 Å². The normalized spacial score (nSPS) is 10.7. The van der Waals surface area contributed by atoms with Gasteiger partial charge in [-0.15, -0.1) is 0 Å². The lowest BCUT2D eigenvalue weighted by atomic mass is 9.96. The number of carbonyl (C=O) groups is 10. The Bertz CT molecular complexity index is 1460. The molecule has 0 radical (unpaired) electrons.